The summed E-state index contributed by atoms with van der Waals surface area (Å²) in [6, 6.07) is 8.41. The molecule has 0 fully saturated rings. The van der Waals surface area contributed by atoms with Crippen molar-refractivity contribution in [1.82, 2.24) is 19.9 Å². The standard InChI is InChI=1S/C18H17N5O2/c1-11(2)14-9-16(21-13-5-3-4-12(8-13)18(24)25)23-17(22-14)15-10-19-6-7-20-15/h3-11H,1-2H3,(H,24,25)(H,21,22,23). The van der Waals surface area contributed by atoms with E-state index in [-0.39, 0.29) is 11.5 Å². The molecule has 0 radical (unpaired) electrons. The van der Waals surface area contributed by atoms with E-state index in [0.29, 0.717) is 23.0 Å². The second-order valence-corrected chi connectivity index (χ2v) is 5.76. The first-order valence-electron chi connectivity index (χ1n) is 7.78. The first-order chi connectivity index (χ1) is 12.0. The number of carbonyl (C=O) groups is 1. The van der Waals surface area contributed by atoms with E-state index in [9.17, 15) is 4.79 Å². The highest BCUT2D eigenvalue weighted by molar-refractivity contribution is 5.89. The van der Waals surface area contributed by atoms with Crippen molar-refractivity contribution in [3.63, 3.8) is 0 Å². The summed E-state index contributed by atoms with van der Waals surface area (Å²) in [4.78, 5) is 28.4. The number of nitrogens with zero attached hydrogens (tertiary/aromatic N) is 4. The van der Waals surface area contributed by atoms with Crippen LogP contribution in [0, 0.1) is 0 Å². The molecule has 3 aromatic rings. The van der Waals surface area contributed by atoms with Crippen molar-refractivity contribution in [2.45, 2.75) is 19.8 Å². The Morgan fingerprint density at radius 3 is 2.68 bits per heavy atom. The number of aromatic carboxylic acids is 1. The van der Waals surface area contributed by atoms with Gasteiger partial charge in [0.25, 0.3) is 0 Å². The number of nitrogens with one attached hydrogen (secondary N) is 1. The molecule has 1 aromatic carbocycles. The highest BCUT2D eigenvalue weighted by Gasteiger charge is 2.11. The SMILES string of the molecule is CC(C)c1cc(Nc2cccc(C(=O)O)c2)nc(-c2cnccn2)n1. The highest BCUT2D eigenvalue weighted by atomic mass is 16.4. The van der Waals surface area contributed by atoms with E-state index >= 15 is 0 Å². The molecule has 0 aliphatic rings. The van der Waals surface area contributed by atoms with Gasteiger partial charge in [-0.15, -0.1) is 0 Å². The van der Waals surface area contributed by atoms with Crippen LogP contribution in [-0.4, -0.2) is 31.0 Å². The number of benzene rings is 1. The second kappa shape index (κ2) is 7.04. The Kier molecular flexibility index (Phi) is 4.65. The summed E-state index contributed by atoms with van der Waals surface area (Å²) in [5.41, 5.74) is 2.27. The van der Waals surface area contributed by atoms with Crippen LogP contribution in [0.15, 0.2) is 48.9 Å². The molecule has 0 atom stereocenters. The Labute approximate surface area is 144 Å². The van der Waals surface area contributed by atoms with Crippen LogP contribution in [0.1, 0.15) is 35.8 Å². The summed E-state index contributed by atoms with van der Waals surface area (Å²) in [5, 5.41) is 12.3. The third kappa shape index (κ3) is 3.95. The predicted octanol–water partition coefficient (Wildman–Crippen LogP) is 3.50. The number of anilines is 2. The zero-order valence-electron chi connectivity index (χ0n) is 13.8. The van der Waals surface area contributed by atoms with Crippen LogP contribution < -0.4 is 5.32 Å². The van der Waals surface area contributed by atoms with Crippen LogP contribution in [0.4, 0.5) is 11.5 Å². The van der Waals surface area contributed by atoms with Gasteiger partial charge in [0.05, 0.1) is 11.8 Å². The van der Waals surface area contributed by atoms with Gasteiger partial charge in [0.1, 0.15) is 11.5 Å². The fourth-order valence-electron chi connectivity index (χ4n) is 2.23. The van der Waals surface area contributed by atoms with Crippen molar-refractivity contribution in [3.05, 3.63) is 60.2 Å². The van der Waals surface area contributed by atoms with Gasteiger partial charge in [-0.2, -0.15) is 0 Å². The summed E-state index contributed by atoms with van der Waals surface area (Å²) >= 11 is 0. The van der Waals surface area contributed by atoms with Crippen molar-refractivity contribution in [2.75, 3.05) is 5.32 Å². The molecular formula is C18H17N5O2. The van der Waals surface area contributed by atoms with Crippen molar-refractivity contribution in [2.24, 2.45) is 0 Å². The molecule has 0 saturated heterocycles. The number of aromatic nitrogens is 4. The summed E-state index contributed by atoms with van der Waals surface area (Å²) in [6.07, 6.45) is 4.78. The summed E-state index contributed by atoms with van der Waals surface area (Å²) in [5.74, 6) is 0.261. The van der Waals surface area contributed by atoms with Gasteiger partial charge in [-0.05, 0) is 24.1 Å². The third-order valence-corrected chi connectivity index (χ3v) is 3.51. The Bertz CT molecular complexity index is 897. The number of hydrogen-bond donors (Lipinski definition) is 2. The van der Waals surface area contributed by atoms with Crippen LogP contribution in [0.5, 0.6) is 0 Å². The maximum Gasteiger partial charge on any atom is 0.335 e. The lowest BCUT2D eigenvalue weighted by Gasteiger charge is -2.12. The van der Waals surface area contributed by atoms with Crippen molar-refractivity contribution < 1.29 is 9.90 Å². The average Bonchev–Trinajstić information content (AvgIpc) is 2.62. The molecule has 0 spiro atoms. The monoisotopic (exact) mass is 335 g/mol. The van der Waals surface area contributed by atoms with Gasteiger partial charge in [-0.25, -0.2) is 19.7 Å². The van der Waals surface area contributed by atoms with E-state index < -0.39 is 5.97 Å². The van der Waals surface area contributed by atoms with Gasteiger partial charge in [0, 0.05) is 29.8 Å². The summed E-state index contributed by atoms with van der Waals surface area (Å²) < 4.78 is 0. The molecule has 2 aromatic heterocycles. The Hall–Kier alpha value is -3.35. The number of carboxylic acid groups (broad SMARTS) is 1. The van der Waals surface area contributed by atoms with Gasteiger partial charge in [0.2, 0.25) is 0 Å². The molecule has 0 aliphatic heterocycles. The topological polar surface area (TPSA) is 101 Å². The molecule has 0 amide bonds. The molecule has 7 heteroatoms. The van der Waals surface area contributed by atoms with Crippen LogP contribution in [-0.2, 0) is 0 Å². The quantitative estimate of drug-likeness (QED) is 0.736. The molecule has 0 saturated carbocycles. The van der Waals surface area contributed by atoms with Gasteiger partial charge in [-0.3, -0.25) is 4.98 Å². The number of rotatable bonds is 5. The van der Waals surface area contributed by atoms with E-state index in [1.165, 1.54) is 6.07 Å². The molecule has 25 heavy (non-hydrogen) atoms. The van der Waals surface area contributed by atoms with E-state index in [1.807, 2.05) is 19.9 Å². The largest absolute Gasteiger partial charge is 0.478 e. The lowest BCUT2D eigenvalue weighted by Crippen LogP contribution is -2.04. The molecule has 126 valence electrons. The molecule has 0 bridgehead atoms. The summed E-state index contributed by atoms with van der Waals surface area (Å²) in [6.45, 7) is 4.08. The van der Waals surface area contributed by atoms with Crippen molar-refractivity contribution in [1.29, 1.82) is 0 Å². The van der Waals surface area contributed by atoms with Crippen LogP contribution in [0.3, 0.4) is 0 Å². The van der Waals surface area contributed by atoms with Gasteiger partial charge >= 0.3 is 5.97 Å². The van der Waals surface area contributed by atoms with Gasteiger partial charge in [-0.1, -0.05) is 19.9 Å². The maximum absolute atomic E-state index is 11.1. The highest BCUT2D eigenvalue weighted by Crippen LogP contribution is 2.23. The minimum Gasteiger partial charge on any atom is -0.478 e. The summed E-state index contributed by atoms with van der Waals surface area (Å²) in [7, 11) is 0. The Balaban J connectivity index is 1.99. The zero-order valence-corrected chi connectivity index (χ0v) is 13.8. The minimum atomic E-state index is -0.977. The second-order valence-electron chi connectivity index (χ2n) is 5.76. The van der Waals surface area contributed by atoms with Crippen LogP contribution in [0.25, 0.3) is 11.5 Å². The molecule has 0 unspecified atom stereocenters. The smallest absolute Gasteiger partial charge is 0.335 e. The third-order valence-electron chi connectivity index (χ3n) is 3.51. The molecule has 7 nitrogen and oxygen atoms in total. The van der Waals surface area contributed by atoms with E-state index in [1.54, 1.807) is 36.8 Å². The van der Waals surface area contributed by atoms with Crippen LogP contribution in [0.2, 0.25) is 0 Å². The lowest BCUT2D eigenvalue weighted by atomic mass is 10.1. The molecule has 3 rings (SSSR count). The fraction of sp³-hybridized carbons (Fsp3) is 0.167. The molecule has 2 N–H and O–H groups in total. The maximum atomic E-state index is 11.1. The van der Waals surface area contributed by atoms with Gasteiger partial charge < -0.3 is 10.4 Å². The van der Waals surface area contributed by atoms with E-state index in [0.717, 1.165) is 5.69 Å². The molecule has 0 aliphatic carbocycles. The zero-order chi connectivity index (χ0) is 17.8. The predicted molar refractivity (Wildman–Crippen MR) is 93.8 cm³/mol. The minimum absolute atomic E-state index is 0.198. The van der Waals surface area contributed by atoms with Gasteiger partial charge in [0.15, 0.2) is 5.82 Å². The van der Waals surface area contributed by atoms with Crippen molar-refractivity contribution >= 4 is 17.5 Å². The lowest BCUT2D eigenvalue weighted by molar-refractivity contribution is 0.0697. The fourth-order valence-corrected chi connectivity index (χ4v) is 2.23. The average molecular weight is 335 g/mol. The van der Waals surface area contributed by atoms with E-state index in [4.69, 9.17) is 5.11 Å². The number of carboxylic acids is 1. The number of hydrogen-bond acceptors (Lipinski definition) is 6. The van der Waals surface area contributed by atoms with Crippen molar-refractivity contribution in [3.8, 4) is 11.5 Å². The first-order valence-corrected chi connectivity index (χ1v) is 7.78. The Morgan fingerprint density at radius 1 is 1.16 bits per heavy atom. The molecular weight excluding hydrogens is 318 g/mol. The van der Waals surface area contributed by atoms with Crippen LogP contribution >= 0.6 is 0 Å². The Morgan fingerprint density at radius 2 is 2.00 bits per heavy atom. The van der Waals surface area contributed by atoms with E-state index in [2.05, 4.69) is 25.3 Å². The normalized spacial score (nSPS) is 10.7. The first kappa shape index (κ1) is 16.5. The molecule has 2 heterocycles.